The fraction of sp³-hybridized carbons (Fsp3) is 0.190. The molecule has 1 aliphatic rings. The maximum Gasteiger partial charge on any atom is 0.335 e. The van der Waals surface area contributed by atoms with Gasteiger partial charge in [-0.1, -0.05) is 36.7 Å². The van der Waals surface area contributed by atoms with Crippen molar-refractivity contribution >= 4 is 41.2 Å². The lowest BCUT2D eigenvalue weighted by molar-refractivity contribution is -0.122. The molecule has 1 fully saturated rings. The van der Waals surface area contributed by atoms with Crippen molar-refractivity contribution in [3.05, 3.63) is 64.7 Å². The third kappa shape index (κ3) is 4.07. The van der Waals surface area contributed by atoms with Crippen LogP contribution in [-0.4, -0.2) is 23.9 Å². The van der Waals surface area contributed by atoms with E-state index in [0.29, 0.717) is 22.0 Å². The lowest BCUT2D eigenvalue weighted by atomic mass is 10.1. The van der Waals surface area contributed by atoms with Gasteiger partial charge in [-0.25, -0.2) is 9.69 Å². The second-order valence-corrected chi connectivity index (χ2v) is 6.75. The molecule has 0 spiro atoms. The minimum Gasteiger partial charge on any atom is -0.490 e. The molecule has 28 heavy (non-hydrogen) atoms. The number of amides is 4. The average Bonchev–Trinajstić information content (AvgIpc) is 2.67. The van der Waals surface area contributed by atoms with Crippen LogP contribution in [-0.2, 0) is 9.59 Å². The number of nitrogens with zero attached hydrogens (tertiary/aromatic N) is 1. The molecule has 0 saturated carbocycles. The molecule has 6 nitrogen and oxygen atoms in total. The summed E-state index contributed by atoms with van der Waals surface area (Å²) in [5.41, 5.74) is 0.732. The molecule has 0 aromatic heterocycles. The van der Waals surface area contributed by atoms with E-state index in [4.69, 9.17) is 16.3 Å². The van der Waals surface area contributed by atoms with Crippen molar-refractivity contribution in [1.29, 1.82) is 0 Å². The molecule has 0 unspecified atom stereocenters. The Balaban J connectivity index is 1.99. The fourth-order valence-electron chi connectivity index (χ4n) is 2.64. The largest absolute Gasteiger partial charge is 0.490 e. The molecule has 3 rings (SSSR count). The molecule has 1 saturated heterocycles. The Bertz CT molecular complexity index is 953. The highest BCUT2D eigenvalue weighted by molar-refractivity contribution is 6.39. The number of carbonyl (C=O) groups is 3. The van der Waals surface area contributed by atoms with Crippen molar-refractivity contribution in [3.63, 3.8) is 0 Å². The molecule has 1 atom stereocenters. The molecule has 2 aromatic rings. The summed E-state index contributed by atoms with van der Waals surface area (Å²) in [5, 5.41) is 2.67. The van der Waals surface area contributed by atoms with Crippen LogP contribution in [0.15, 0.2) is 54.1 Å². The average molecular weight is 399 g/mol. The van der Waals surface area contributed by atoms with Crippen LogP contribution in [0.2, 0.25) is 5.02 Å². The monoisotopic (exact) mass is 398 g/mol. The highest BCUT2D eigenvalue weighted by atomic mass is 35.5. The standard InChI is InChI=1S/C21H19ClN2O4/c1-3-13(2)28-18-7-5-4-6-14(18)12-17-19(25)23-21(27)24(20(17)26)16-10-8-15(22)9-11-16/h4-13H,3H2,1-2H3,(H,23,25,27)/b17-12+/t13-/m0/s1. The maximum absolute atomic E-state index is 12.9. The highest BCUT2D eigenvalue weighted by Crippen LogP contribution is 2.27. The maximum atomic E-state index is 12.9. The van der Waals surface area contributed by atoms with Gasteiger partial charge in [0.1, 0.15) is 11.3 Å². The van der Waals surface area contributed by atoms with Crippen LogP contribution in [0.5, 0.6) is 5.75 Å². The first-order valence-electron chi connectivity index (χ1n) is 8.83. The molecule has 4 amide bonds. The summed E-state index contributed by atoms with van der Waals surface area (Å²) in [4.78, 5) is 38.4. The number of nitrogens with one attached hydrogen (secondary N) is 1. The Hall–Kier alpha value is -3.12. The van der Waals surface area contributed by atoms with Crippen LogP contribution in [0.25, 0.3) is 6.08 Å². The van der Waals surface area contributed by atoms with Gasteiger partial charge in [0.05, 0.1) is 11.8 Å². The number of imide groups is 2. The zero-order valence-corrected chi connectivity index (χ0v) is 16.2. The van der Waals surface area contributed by atoms with E-state index < -0.39 is 17.8 Å². The first-order valence-corrected chi connectivity index (χ1v) is 9.21. The highest BCUT2D eigenvalue weighted by Gasteiger charge is 2.36. The van der Waals surface area contributed by atoms with Crippen molar-refractivity contribution < 1.29 is 19.1 Å². The van der Waals surface area contributed by atoms with Crippen molar-refractivity contribution in [2.75, 3.05) is 4.90 Å². The van der Waals surface area contributed by atoms with E-state index in [-0.39, 0.29) is 11.7 Å². The number of carbonyl (C=O) groups excluding carboxylic acids is 3. The molecule has 0 radical (unpaired) electrons. The van der Waals surface area contributed by atoms with Crippen molar-refractivity contribution in [1.82, 2.24) is 5.32 Å². The SMILES string of the molecule is CC[C@H](C)Oc1ccccc1/C=C1\C(=O)NC(=O)N(c2ccc(Cl)cc2)C1=O. The third-order valence-electron chi connectivity index (χ3n) is 4.31. The van der Waals surface area contributed by atoms with E-state index in [0.717, 1.165) is 11.3 Å². The molecule has 1 heterocycles. The number of rotatable bonds is 5. The number of para-hydroxylation sites is 1. The molecule has 1 N–H and O–H groups in total. The predicted octanol–water partition coefficient (Wildman–Crippen LogP) is 4.18. The number of barbiturate groups is 1. The first kappa shape index (κ1) is 19.6. The number of anilines is 1. The second kappa shape index (κ2) is 8.27. The number of halogens is 1. The van der Waals surface area contributed by atoms with E-state index >= 15 is 0 Å². The van der Waals surface area contributed by atoms with Gasteiger partial charge >= 0.3 is 6.03 Å². The summed E-state index contributed by atoms with van der Waals surface area (Å²) in [5.74, 6) is -0.909. The number of ether oxygens (including phenoxy) is 1. The number of hydrogen-bond acceptors (Lipinski definition) is 4. The summed E-state index contributed by atoms with van der Waals surface area (Å²) < 4.78 is 5.87. The summed E-state index contributed by atoms with van der Waals surface area (Å²) in [7, 11) is 0. The van der Waals surface area contributed by atoms with Crippen LogP contribution in [0, 0.1) is 0 Å². The van der Waals surface area contributed by atoms with Gasteiger partial charge in [-0.05, 0) is 49.8 Å². The van der Waals surface area contributed by atoms with Crippen LogP contribution in [0.3, 0.4) is 0 Å². The normalized spacial score (nSPS) is 16.9. The summed E-state index contributed by atoms with van der Waals surface area (Å²) in [6, 6.07) is 12.5. The van der Waals surface area contributed by atoms with Crippen LogP contribution in [0.4, 0.5) is 10.5 Å². The third-order valence-corrected chi connectivity index (χ3v) is 4.56. The summed E-state index contributed by atoms with van der Waals surface area (Å²) >= 11 is 5.87. The first-order chi connectivity index (χ1) is 13.4. The quantitative estimate of drug-likeness (QED) is 0.605. The van der Waals surface area contributed by atoms with Gasteiger partial charge in [0.25, 0.3) is 11.8 Å². The Kier molecular flexibility index (Phi) is 5.80. The van der Waals surface area contributed by atoms with E-state index in [9.17, 15) is 14.4 Å². The molecule has 0 aliphatic carbocycles. The lowest BCUT2D eigenvalue weighted by Gasteiger charge is -2.26. The smallest absolute Gasteiger partial charge is 0.335 e. The van der Waals surface area contributed by atoms with E-state index in [1.54, 1.807) is 30.3 Å². The van der Waals surface area contributed by atoms with Gasteiger partial charge in [-0.3, -0.25) is 14.9 Å². The van der Waals surface area contributed by atoms with Gasteiger partial charge in [-0.15, -0.1) is 0 Å². The Labute approximate surface area is 167 Å². The van der Waals surface area contributed by atoms with Crippen LogP contribution >= 0.6 is 11.6 Å². The molecule has 144 valence electrons. The number of urea groups is 1. The second-order valence-electron chi connectivity index (χ2n) is 6.31. The molecular weight excluding hydrogens is 380 g/mol. The minimum atomic E-state index is -0.807. The zero-order chi connectivity index (χ0) is 20.3. The van der Waals surface area contributed by atoms with Crippen molar-refractivity contribution in [2.24, 2.45) is 0 Å². The van der Waals surface area contributed by atoms with Crippen molar-refractivity contribution in [2.45, 2.75) is 26.4 Å². The summed E-state index contributed by atoms with van der Waals surface area (Å²) in [6.45, 7) is 3.93. The Morgan fingerprint density at radius 1 is 1.11 bits per heavy atom. The molecule has 1 aliphatic heterocycles. The molecule has 7 heteroatoms. The Morgan fingerprint density at radius 2 is 1.79 bits per heavy atom. The van der Waals surface area contributed by atoms with Crippen LogP contribution < -0.4 is 15.0 Å². The van der Waals surface area contributed by atoms with Gasteiger partial charge in [0.2, 0.25) is 0 Å². The van der Waals surface area contributed by atoms with E-state index in [1.807, 2.05) is 19.9 Å². The van der Waals surface area contributed by atoms with Crippen LogP contribution in [0.1, 0.15) is 25.8 Å². The van der Waals surface area contributed by atoms with Gasteiger partial charge in [0, 0.05) is 10.6 Å². The summed E-state index contributed by atoms with van der Waals surface area (Å²) in [6.07, 6.45) is 2.22. The van der Waals surface area contributed by atoms with Gasteiger partial charge in [0.15, 0.2) is 0 Å². The topological polar surface area (TPSA) is 75.7 Å². The Morgan fingerprint density at radius 3 is 2.46 bits per heavy atom. The van der Waals surface area contributed by atoms with E-state index in [2.05, 4.69) is 5.32 Å². The number of benzene rings is 2. The predicted molar refractivity (Wildman–Crippen MR) is 107 cm³/mol. The molecule has 0 bridgehead atoms. The molecular formula is C21H19ClN2O4. The van der Waals surface area contributed by atoms with Crippen molar-refractivity contribution in [3.8, 4) is 5.75 Å². The zero-order valence-electron chi connectivity index (χ0n) is 15.4. The number of hydrogen-bond donors (Lipinski definition) is 1. The van der Waals surface area contributed by atoms with Gasteiger partial charge < -0.3 is 4.74 Å². The fourth-order valence-corrected chi connectivity index (χ4v) is 2.77. The molecule has 2 aromatic carbocycles. The lowest BCUT2D eigenvalue weighted by Crippen LogP contribution is -2.54. The van der Waals surface area contributed by atoms with Gasteiger partial charge in [-0.2, -0.15) is 0 Å². The minimum absolute atomic E-state index is 0.0254. The van der Waals surface area contributed by atoms with E-state index in [1.165, 1.54) is 18.2 Å².